The minimum atomic E-state index is 0.853. The summed E-state index contributed by atoms with van der Waals surface area (Å²) in [7, 11) is 0. The molecule has 12 heavy (non-hydrogen) atoms. The van der Waals surface area contributed by atoms with Gasteiger partial charge in [-0.3, -0.25) is 4.98 Å². The van der Waals surface area contributed by atoms with Crippen molar-refractivity contribution in [1.82, 2.24) is 4.98 Å². The molecular formula is C10H13NO. The Balaban J connectivity index is 2.44. The first kappa shape index (κ1) is 7.59. The van der Waals surface area contributed by atoms with Crippen LogP contribution in [0.5, 0.6) is 5.75 Å². The molecule has 2 nitrogen and oxygen atoms in total. The molecule has 0 N–H and O–H groups in total. The third-order valence-electron chi connectivity index (χ3n) is 2.25. The Bertz CT molecular complexity index is 269. The van der Waals surface area contributed by atoms with E-state index in [9.17, 15) is 0 Å². The zero-order valence-corrected chi connectivity index (χ0v) is 7.34. The second-order valence-electron chi connectivity index (χ2n) is 3.05. The van der Waals surface area contributed by atoms with Crippen molar-refractivity contribution < 1.29 is 4.74 Å². The van der Waals surface area contributed by atoms with Crippen molar-refractivity contribution >= 4 is 0 Å². The van der Waals surface area contributed by atoms with Gasteiger partial charge in [0.05, 0.1) is 12.3 Å². The highest BCUT2D eigenvalue weighted by Gasteiger charge is 2.13. The Morgan fingerprint density at radius 1 is 1.58 bits per heavy atom. The van der Waals surface area contributed by atoms with Crippen molar-refractivity contribution in [3.63, 3.8) is 0 Å². The van der Waals surface area contributed by atoms with Crippen molar-refractivity contribution in [2.24, 2.45) is 0 Å². The average Bonchev–Trinajstić information content (AvgIpc) is 2.17. The van der Waals surface area contributed by atoms with Crippen LogP contribution in [0.3, 0.4) is 0 Å². The normalized spacial score (nSPS) is 15.1. The molecule has 0 bridgehead atoms. The molecule has 0 saturated carbocycles. The van der Waals surface area contributed by atoms with Gasteiger partial charge in [0.1, 0.15) is 5.75 Å². The van der Waals surface area contributed by atoms with Gasteiger partial charge in [-0.05, 0) is 30.9 Å². The Morgan fingerprint density at radius 2 is 2.50 bits per heavy atom. The smallest absolute Gasteiger partial charge is 0.143 e. The molecule has 1 aromatic heterocycles. The summed E-state index contributed by atoms with van der Waals surface area (Å²) in [6.45, 7) is 3.00. The topological polar surface area (TPSA) is 22.1 Å². The summed E-state index contributed by atoms with van der Waals surface area (Å²) in [4.78, 5) is 4.30. The minimum Gasteiger partial charge on any atom is -0.491 e. The van der Waals surface area contributed by atoms with E-state index in [4.69, 9.17) is 4.74 Å². The number of pyridine rings is 1. The average molecular weight is 163 g/mol. The van der Waals surface area contributed by atoms with Crippen molar-refractivity contribution in [2.75, 3.05) is 6.61 Å². The monoisotopic (exact) mass is 163 g/mol. The molecule has 0 fully saturated rings. The van der Waals surface area contributed by atoms with E-state index in [2.05, 4.69) is 11.9 Å². The summed E-state index contributed by atoms with van der Waals surface area (Å²) in [5.41, 5.74) is 2.43. The molecule has 1 aliphatic rings. The minimum absolute atomic E-state index is 0.853. The predicted octanol–water partition coefficient (Wildman–Crippen LogP) is 1.97. The fourth-order valence-corrected chi connectivity index (χ4v) is 1.58. The molecule has 1 aliphatic heterocycles. The fourth-order valence-electron chi connectivity index (χ4n) is 1.58. The first-order chi connectivity index (χ1) is 5.92. The van der Waals surface area contributed by atoms with Crippen LogP contribution in [0.1, 0.15) is 24.6 Å². The molecule has 0 unspecified atom stereocenters. The highest BCUT2D eigenvalue weighted by molar-refractivity contribution is 5.38. The second-order valence-corrected chi connectivity index (χ2v) is 3.05. The van der Waals surface area contributed by atoms with E-state index in [0.717, 1.165) is 37.3 Å². The summed E-state index contributed by atoms with van der Waals surface area (Å²) in [5, 5.41) is 0. The van der Waals surface area contributed by atoms with Crippen LogP contribution in [-0.4, -0.2) is 11.6 Å². The zero-order chi connectivity index (χ0) is 8.39. The lowest BCUT2D eigenvalue weighted by molar-refractivity contribution is 0.282. The Kier molecular flexibility index (Phi) is 1.98. The summed E-state index contributed by atoms with van der Waals surface area (Å²) in [6.07, 6.45) is 5.09. The summed E-state index contributed by atoms with van der Waals surface area (Å²) in [6, 6.07) is 2.05. The number of fused-ring (bicyclic) bond motifs is 1. The van der Waals surface area contributed by atoms with Gasteiger partial charge >= 0.3 is 0 Å². The number of aromatic nitrogens is 1. The summed E-state index contributed by atoms with van der Waals surface area (Å²) >= 11 is 0. The van der Waals surface area contributed by atoms with Crippen LogP contribution < -0.4 is 4.74 Å². The van der Waals surface area contributed by atoms with Crippen LogP contribution in [0.2, 0.25) is 0 Å². The van der Waals surface area contributed by atoms with Crippen LogP contribution in [0, 0.1) is 0 Å². The van der Waals surface area contributed by atoms with E-state index in [1.165, 1.54) is 5.56 Å². The van der Waals surface area contributed by atoms with E-state index in [0.29, 0.717) is 0 Å². The third-order valence-corrected chi connectivity index (χ3v) is 2.25. The molecule has 64 valence electrons. The molecule has 0 aromatic carbocycles. The fraction of sp³-hybridized carbons (Fsp3) is 0.500. The zero-order valence-electron chi connectivity index (χ0n) is 7.34. The van der Waals surface area contributed by atoms with Crippen molar-refractivity contribution in [2.45, 2.75) is 26.2 Å². The van der Waals surface area contributed by atoms with Crippen molar-refractivity contribution in [3.8, 4) is 5.75 Å². The van der Waals surface area contributed by atoms with Gasteiger partial charge in [0.2, 0.25) is 0 Å². The van der Waals surface area contributed by atoms with Crippen LogP contribution in [0.4, 0.5) is 0 Å². The van der Waals surface area contributed by atoms with Gasteiger partial charge in [-0.15, -0.1) is 0 Å². The van der Waals surface area contributed by atoms with Gasteiger partial charge in [0, 0.05) is 6.20 Å². The molecule has 0 atom stereocenters. The predicted molar refractivity (Wildman–Crippen MR) is 47.4 cm³/mol. The molecule has 0 radical (unpaired) electrons. The van der Waals surface area contributed by atoms with Crippen molar-refractivity contribution in [3.05, 3.63) is 23.5 Å². The van der Waals surface area contributed by atoms with Gasteiger partial charge in [-0.25, -0.2) is 0 Å². The highest BCUT2D eigenvalue weighted by Crippen LogP contribution is 2.26. The Hall–Kier alpha value is -1.05. The van der Waals surface area contributed by atoms with E-state index in [-0.39, 0.29) is 0 Å². The number of rotatable bonds is 1. The van der Waals surface area contributed by atoms with Crippen molar-refractivity contribution in [1.29, 1.82) is 0 Å². The van der Waals surface area contributed by atoms with Crippen LogP contribution in [0.15, 0.2) is 12.3 Å². The van der Waals surface area contributed by atoms with Crippen LogP contribution in [0.25, 0.3) is 0 Å². The number of nitrogens with zero attached hydrogens (tertiary/aromatic N) is 1. The van der Waals surface area contributed by atoms with Gasteiger partial charge in [0.15, 0.2) is 0 Å². The molecule has 0 amide bonds. The maximum Gasteiger partial charge on any atom is 0.143 e. The second kappa shape index (κ2) is 3.13. The summed E-state index contributed by atoms with van der Waals surface area (Å²) in [5.74, 6) is 1.05. The number of hydrogen-bond donors (Lipinski definition) is 0. The molecular weight excluding hydrogens is 150 g/mol. The van der Waals surface area contributed by atoms with E-state index in [1.807, 2.05) is 12.3 Å². The molecule has 2 rings (SSSR count). The lowest BCUT2D eigenvalue weighted by Crippen LogP contribution is -2.11. The quantitative estimate of drug-likeness (QED) is 0.631. The number of ether oxygens (including phenoxy) is 1. The SMILES string of the molecule is CCc1ccnc2c1OCCC2. The van der Waals surface area contributed by atoms with Gasteiger partial charge in [-0.1, -0.05) is 6.92 Å². The van der Waals surface area contributed by atoms with E-state index in [1.54, 1.807) is 0 Å². The van der Waals surface area contributed by atoms with Gasteiger partial charge in [0.25, 0.3) is 0 Å². The maximum absolute atomic E-state index is 5.58. The molecule has 0 spiro atoms. The largest absolute Gasteiger partial charge is 0.491 e. The molecule has 1 aromatic rings. The Morgan fingerprint density at radius 3 is 3.33 bits per heavy atom. The third kappa shape index (κ3) is 1.17. The first-order valence-electron chi connectivity index (χ1n) is 4.51. The summed E-state index contributed by atoms with van der Waals surface area (Å²) < 4.78 is 5.58. The number of aryl methyl sites for hydroxylation is 2. The van der Waals surface area contributed by atoms with E-state index < -0.39 is 0 Å². The van der Waals surface area contributed by atoms with Crippen LogP contribution in [-0.2, 0) is 12.8 Å². The Labute approximate surface area is 72.6 Å². The lowest BCUT2D eigenvalue weighted by atomic mass is 10.1. The molecule has 0 aliphatic carbocycles. The molecule has 0 saturated heterocycles. The molecule has 2 heterocycles. The first-order valence-corrected chi connectivity index (χ1v) is 4.51. The standard InChI is InChI=1S/C10H13NO/c1-2-8-5-6-11-9-4-3-7-12-10(8)9/h5-6H,2-4,7H2,1H3. The van der Waals surface area contributed by atoms with E-state index >= 15 is 0 Å². The van der Waals surface area contributed by atoms with Gasteiger partial charge < -0.3 is 4.74 Å². The maximum atomic E-state index is 5.58. The number of hydrogen-bond acceptors (Lipinski definition) is 2. The van der Waals surface area contributed by atoms with Crippen LogP contribution >= 0.6 is 0 Å². The highest BCUT2D eigenvalue weighted by atomic mass is 16.5. The lowest BCUT2D eigenvalue weighted by Gasteiger charge is -2.18. The van der Waals surface area contributed by atoms with Gasteiger partial charge in [-0.2, -0.15) is 0 Å². The molecule has 2 heteroatoms.